The molecule has 1 heteroatoms. The second-order valence-corrected chi connectivity index (χ2v) is 6.45. The Morgan fingerprint density at radius 2 is 1.45 bits per heavy atom. The van der Waals surface area contributed by atoms with E-state index in [4.69, 9.17) is 5.73 Å². The van der Waals surface area contributed by atoms with E-state index in [-0.39, 0.29) is 5.54 Å². The molecule has 0 spiro atoms. The molecule has 1 fully saturated rings. The predicted molar refractivity (Wildman–Crippen MR) is 86.9 cm³/mol. The van der Waals surface area contributed by atoms with Crippen LogP contribution in [0.25, 0.3) is 10.8 Å². The van der Waals surface area contributed by atoms with Gasteiger partial charge in [0.05, 0.1) is 0 Å². The maximum absolute atomic E-state index is 6.75. The molecular formula is C19H25N. The molecule has 0 aliphatic heterocycles. The van der Waals surface area contributed by atoms with Crippen LogP contribution in [0, 0.1) is 0 Å². The molecule has 0 atom stereocenters. The third-order valence-corrected chi connectivity index (χ3v) is 4.77. The Kier molecular flexibility index (Phi) is 4.07. The highest BCUT2D eigenvalue weighted by molar-refractivity contribution is 5.85. The summed E-state index contributed by atoms with van der Waals surface area (Å²) in [5.74, 6) is 0. The van der Waals surface area contributed by atoms with Gasteiger partial charge in [-0.1, -0.05) is 74.6 Å². The topological polar surface area (TPSA) is 26.0 Å². The van der Waals surface area contributed by atoms with Gasteiger partial charge in [0.1, 0.15) is 0 Å². The average Bonchev–Trinajstić information content (AvgIpc) is 2.44. The zero-order valence-corrected chi connectivity index (χ0v) is 12.3. The third-order valence-electron chi connectivity index (χ3n) is 4.77. The van der Waals surface area contributed by atoms with Gasteiger partial charge in [-0.15, -0.1) is 0 Å². The number of fused-ring (bicyclic) bond motifs is 1. The Labute approximate surface area is 122 Å². The number of hydrogen-bond acceptors (Lipinski definition) is 1. The molecule has 1 aliphatic rings. The molecule has 20 heavy (non-hydrogen) atoms. The van der Waals surface area contributed by atoms with Crippen LogP contribution in [0.4, 0.5) is 0 Å². The van der Waals surface area contributed by atoms with Crippen LogP contribution in [0.1, 0.15) is 50.5 Å². The Bertz CT molecular complexity index is 559. The van der Waals surface area contributed by atoms with E-state index in [9.17, 15) is 0 Å². The van der Waals surface area contributed by atoms with Crippen LogP contribution in [-0.4, -0.2) is 5.54 Å². The lowest BCUT2D eigenvalue weighted by molar-refractivity contribution is 0.315. The molecule has 1 saturated carbocycles. The number of benzene rings is 2. The van der Waals surface area contributed by atoms with E-state index in [0.29, 0.717) is 0 Å². The lowest BCUT2D eigenvalue weighted by atomic mass is 9.79. The van der Waals surface area contributed by atoms with Crippen molar-refractivity contribution in [2.45, 2.75) is 56.9 Å². The Morgan fingerprint density at radius 1 is 0.800 bits per heavy atom. The van der Waals surface area contributed by atoms with E-state index in [1.807, 2.05) is 0 Å². The largest absolute Gasteiger partial charge is 0.325 e. The average molecular weight is 267 g/mol. The van der Waals surface area contributed by atoms with Gasteiger partial charge in [0.25, 0.3) is 0 Å². The van der Waals surface area contributed by atoms with Gasteiger partial charge in [-0.3, -0.25) is 0 Å². The van der Waals surface area contributed by atoms with Gasteiger partial charge in [0.2, 0.25) is 0 Å². The smallest absolute Gasteiger partial charge is 0.0195 e. The fourth-order valence-electron chi connectivity index (χ4n) is 3.61. The van der Waals surface area contributed by atoms with Crippen molar-refractivity contribution in [2.24, 2.45) is 5.73 Å². The van der Waals surface area contributed by atoms with Gasteiger partial charge >= 0.3 is 0 Å². The molecule has 106 valence electrons. The second-order valence-electron chi connectivity index (χ2n) is 6.45. The van der Waals surface area contributed by atoms with E-state index >= 15 is 0 Å². The van der Waals surface area contributed by atoms with Crippen LogP contribution >= 0.6 is 0 Å². The van der Waals surface area contributed by atoms with E-state index in [2.05, 4.69) is 42.5 Å². The summed E-state index contributed by atoms with van der Waals surface area (Å²) in [6.07, 6.45) is 10.1. The first-order valence-electron chi connectivity index (χ1n) is 8.02. The molecule has 2 aromatic carbocycles. The van der Waals surface area contributed by atoms with E-state index < -0.39 is 0 Å². The van der Waals surface area contributed by atoms with Crippen molar-refractivity contribution < 1.29 is 0 Å². The van der Waals surface area contributed by atoms with Crippen molar-refractivity contribution in [1.29, 1.82) is 0 Å². The summed E-state index contributed by atoms with van der Waals surface area (Å²) in [5, 5.41) is 2.71. The minimum absolute atomic E-state index is 0.00451. The monoisotopic (exact) mass is 267 g/mol. The SMILES string of the molecule is NC1(Cc2cccc3ccccc23)CCCCCCC1. The van der Waals surface area contributed by atoms with E-state index in [1.165, 1.54) is 61.3 Å². The van der Waals surface area contributed by atoms with Gasteiger partial charge in [-0.05, 0) is 35.6 Å². The molecule has 2 N–H and O–H groups in total. The van der Waals surface area contributed by atoms with Crippen molar-refractivity contribution in [3.05, 3.63) is 48.0 Å². The molecule has 0 heterocycles. The van der Waals surface area contributed by atoms with Crippen LogP contribution in [0.5, 0.6) is 0 Å². The van der Waals surface area contributed by atoms with Crippen molar-refractivity contribution in [2.75, 3.05) is 0 Å². The Balaban J connectivity index is 1.87. The van der Waals surface area contributed by atoms with Crippen LogP contribution in [0.15, 0.2) is 42.5 Å². The standard InChI is InChI=1S/C19H25N/c20-19(13-6-2-1-3-7-14-19)15-17-11-8-10-16-9-4-5-12-18(16)17/h4-5,8-12H,1-3,6-7,13-15,20H2. The molecule has 0 radical (unpaired) electrons. The van der Waals surface area contributed by atoms with E-state index in [0.717, 1.165) is 6.42 Å². The Morgan fingerprint density at radius 3 is 2.25 bits per heavy atom. The molecule has 0 unspecified atom stereocenters. The maximum Gasteiger partial charge on any atom is 0.0195 e. The third kappa shape index (κ3) is 3.04. The summed E-state index contributed by atoms with van der Waals surface area (Å²) < 4.78 is 0. The summed E-state index contributed by atoms with van der Waals surface area (Å²) in [7, 11) is 0. The quantitative estimate of drug-likeness (QED) is 0.829. The highest BCUT2D eigenvalue weighted by Gasteiger charge is 2.26. The molecule has 0 bridgehead atoms. The van der Waals surface area contributed by atoms with Crippen molar-refractivity contribution in [3.63, 3.8) is 0 Å². The maximum atomic E-state index is 6.75. The van der Waals surface area contributed by atoms with Crippen LogP contribution in [-0.2, 0) is 6.42 Å². The van der Waals surface area contributed by atoms with Gasteiger partial charge in [-0.25, -0.2) is 0 Å². The summed E-state index contributed by atoms with van der Waals surface area (Å²) in [5.41, 5.74) is 8.18. The molecule has 1 aliphatic carbocycles. The minimum Gasteiger partial charge on any atom is -0.325 e. The fraction of sp³-hybridized carbons (Fsp3) is 0.474. The van der Waals surface area contributed by atoms with Crippen LogP contribution < -0.4 is 5.73 Å². The van der Waals surface area contributed by atoms with Crippen molar-refractivity contribution in [3.8, 4) is 0 Å². The van der Waals surface area contributed by atoms with Crippen molar-refractivity contribution in [1.82, 2.24) is 0 Å². The molecule has 0 saturated heterocycles. The molecule has 2 aromatic rings. The number of rotatable bonds is 2. The molecular weight excluding hydrogens is 242 g/mol. The zero-order valence-electron chi connectivity index (χ0n) is 12.3. The van der Waals surface area contributed by atoms with Gasteiger partial charge in [-0.2, -0.15) is 0 Å². The number of nitrogens with two attached hydrogens (primary N) is 1. The van der Waals surface area contributed by atoms with Crippen LogP contribution in [0.3, 0.4) is 0 Å². The molecule has 0 aromatic heterocycles. The summed E-state index contributed by atoms with van der Waals surface area (Å²) in [4.78, 5) is 0. The first-order chi connectivity index (χ1) is 9.77. The summed E-state index contributed by atoms with van der Waals surface area (Å²) in [6, 6.07) is 15.3. The number of hydrogen-bond donors (Lipinski definition) is 1. The van der Waals surface area contributed by atoms with Crippen molar-refractivity contribution >= 4 is 10.8 Å². The predicted octanol–water partition coefficient (Wildman–Crippen LogP) is 4.82. The van der Waals surface area contributed by atoms with Gasteiger partial charge in [0.15, 0.2) is 0 Å². The molecule has 0 amide bonds. The lowest BCUT2D eigenvalue weighted by Gasteiger charge is -2.32. The van der Waals surface area contributed by atoms with E-state index in [1.54, 1.807) is 0 Å². The highest BCUT2D eigenvalue weighted by Crippen LogP contribution is 2.30. The van der Waals surface area contributed by atoms with Gasteiger partial charge < -0.3 is 5.73 Å². The molecule has 3 rings (SSSR count). The highest BCUT2D eigenvalue weighted by atomic mass is 14.7. The second kappa shape index (κ2) is 5.97. The fourth-order valence-corrected chi connectivity index (χ4v) is 3.61. The summed E-state index contributed by atoms with van der Waals surface area (Å²) >= 11 is 0. The normalized spacial score (nSPS) is 19.4. The van der Waals surface area contributed by atoms with Crippen LogP contribution in [0.2, 0.25) is 0 Å². The Hall–Kier alpha value is -1.34. The summed E-state index contributed by atoms with van der Waals surface area (Å²) in [6.45, 7) is 0. The molecule has 1 nitrogen and oxygen atoms in total. The first-order valence-corrected chi connectivity index (χ1v) is 8.02. The first kappa shape index (κ1) is 13.6. The lowest BCUT2D eigenvalue weighted by Crippen LogP contribution is -2.42. The zero-order chi connectivity index (χ0) is 13.8. The minimum atomic E-state index is 0.00451. The van der Waals surface area contributed by atoms with Gasteiger partial charge in [0, 0.05) is 5.54 Å².